The van der Waals surface area contributed by atoms with Gasteiger partial charge in [0.1, 0.15) is 5.75 Å². The Balaban J connectivity index is 0.00000312. The van der Waals surface area contributed by atoms with E-state index in [1.54, 1.807) is 7.11 Å². The maximum absolute atomic E-state index is 5.41. The van der Waals surface area contributed by atoms with Gasteiger partial charge in [-0.3, -0.25) is 4.90 Å². The fourth-order valence-electron chi connectivity index (χ4n) is 2.67. The highest BCUT2D eigenvalue weighted by Crippen LogP contribution is 2.13. The van der Waals surface area contributed by atoms with Crippen LogP contribution in [0.1, 0.15) is 19.4 Å². The number of benzene rings is 1. The molecule has 1 fully saturated rings. The topological polar surface area (TPSA) is 58.1 Å². The van der Waals surface area contributed by atoms with Crippen LogP contribution in [0.2, 0.25) is 0 Å². The second-order valence-corrected chi connectivity index (χ2v) is 5.92. The molecule has 0 saturated carbocycles. The molecule has 1 heterocycles. The number of ether oxygens (including phenoxy) is 2. The number of morpholine rings is 1. The van der Waals surface area contributed by atoms with E-state index in [1.807, 2.05) is 18.2 Å². The van der Waals surface area contributed by atoms with Crippen LogP contribution in [0.25, 0.3) is 0 Å². The molecule has 2 rings (SSSR count). The van der Waals surface area contributed by atoms with Gasteiger partial charge in [0, 0.05) is 32.2 Å². The molecule has 1 aromatic carbocycles. The number of rotatable bonds is 7. The first-order valence-electron chi connectivity index (χ1n) is 8.69. The first-order chi connectivity index (χ1) is 11.7. The van der Waals surface area contributed by atoms with Crippen LogP contribution >= 0.6 is 24.0 Å². The first-order valence-corrected chi connectivity index (χ1v) is 8.69. The fraction of sp³-hybridized carbons (Fsp3) is 0.611. The van der Waals surface area contributed by atoms with Gasteiger partial charge in [0.2, 0.25) is 0 Å². The lowest BCUT2D eigenvalue weighted by Gasteiger charge is -2.32. The van der Waals surface area contributed by atoms with E-state index in [0.29, 0.717) is 12.6 Å². The summed E-state index contributed by atoms with van der Waals surface area (Å²) in [7, 11) is 1.68. The smallest absolute Gasteiger partial charge is 0.191 e. The molecule has 1 atom stereocenters. The van der Waals surface area contributed by atoms with Crippen molar-refractivity contribution in [1.29, 1.82) is 0 Å². The van der Waals surface area contributed by atoms with Gasteiger partial charge >= 0.3 is 0 Å². The van der Waals surface area contributed by atoms with Gasteiger partial charge in [0.05, 0.1) is 26.9 Å². The van der Waals surface area contributed by atoms with Crippen LogP contribution in [0.5, 0.6) is 5.75 Å². The maximum Gasteiger partial charge on any atom is 0.191 e. The number of hydrogen-bond donors (Lipinski definition) is 2. The van der Waals surface area contributed by atoms with Crippen molar-refractivity contribution in [2.75, 3.05) is 46.5 Å². The lowest BCUT2D eigenvalue weighted by molar-refractivity contribution is 0.0211. The van der Waals surface area contributed by atoms with Gasteiger partial charge in [-0.1, -0.05) is 12.1 Å². The van der Waals surface area contributed by atoms with Crippen LogP contribution in [-0.4, -0.2) is 63.4 Å². The number of methoxy groups -OCH3 is 1. The summed E-state index contributed by atoms with van der Waals surface area (Å²) in [5.74, 6) is 1.71. The molecule has 1 aliphatic rings. The zero-order valence-corrected chi connectivity index (χ0v) is 17.8. The quantitative estimate of drug-likeness (QED) is 0.369. The molecule has 0 amide bonds. The minimum Gasteiger partial charge on any atom is -0.497 e. The molecule has 1 unspecified atom stereocenters. The molecule has 0 aliphatic carbocycles. The lowest BCUT2D eigenvalue weighted by atomic mass is 10.2. The van der Waals surface area contributed by atoms with Gasteiger partial charge < -0.3 is 20.1 Å². The van der Waals surface area contributed by atoms with Gasteiger partial charge in [0.25, 0.3) is 0 Å². The van der Waals surface area contributed by atoms with E-state index in [4.69, 9.17) is 9.47 Å². The average Bonchev–Trinajstić information content (AvgIpc) is 2.64. The minimum atomic E-state index is 0. The molecule has 0 spiro atoms. The zero-order chi connectivity index (χ0) is 17.2. The number of halogens is 1. The molecule has 25 heavy (non-hydrogen) atoms. The monoisotopic (exact) mass is 462 g/mol. The molecule has 1 saturated heterocycles. The number of guanidine groups is 1. The lowest BCUT2D eigenvalue weighted by Crippen LogP contribution is -2.49. The van der Waals surface area contributed by atoms with Crippen LogP contribution in [-0.2, 0) is 11.3 Å². The van der Waals surface area contributed by atoms with E-state index in [2.05, 4.69) is 40.4 Å². The summed E-state index contributed by atoms with van der Waals surface area (Å²) >= 11 is 0. The molecular weight excluding hydrogens is 431 g/mol. The van der Waals surface area contributed by atoms with Crippen molar-refractivity contribution in [2.45, 2.75) is 26.4 Å². The molecule has 6 nitrogen and oxygen atoms in total. The zero-order valence-electron chi connectivity index (χ0n) is 15.5. The van der Waals surface area contributed by atoms with E-state index in [9.17, 15) is 0 Å². The Morgan fingerprint density at radius 1 is 1.32 bits per heavy atom. The summed E-state index contributed by atoms with van der Waals surface area (Å²) in [6.07, 6.45) is 0. The Morgan fingerprint density at radius 3 is 2.76 bits per heavy atom. The largest absolute Gasteiger partial charge is 0.497 e. The van der Waals surface area contributed by atoms with E-state index in [-0.39, 0.29) is 24.0 Å². The van der Waals surface area contributed by atoms with Crippen molar-refractivity contribution in [3.8, 4) is 5.75 Å². The summed E-state index contributed by atoms with van der Waals surface area (Å²) in [6.45, 7) is 10.3. The molecule has 1 aliphatic heterocycles. The van der Waals surface area contributed by atoms with Crippen molar-refractivity contribution in [3.63, 3.8) is 0 Å². The van der Waals surface area contributed by atoms with Crippen LogP contribution in [0.4, 0.5) is 0 Å². The van der Waals surface area contributed by atoms with Crippen LogP contribution < -0.4 is 15.4 Å². The van der Waals surface area contributed by atoms with E-state index in [0.717, 1.165) is 56.7 Å². The van der Waals surface area contributed by atoms with Crippen LogP contribution in [0.3, 0.4) is 0 Å². The Hall–Kier alpha value is -1.06. The van der Waals surface area contributed by atoms with E-state index < -0.39 is 0 Å². The second kappa shape index (κ2) is 12.3. The summed E-state index contributed by atoms with van der Waals surface area (Å²) < 4.78 is 10.7. The third kappa shape index (κ3) is 7.79. The highest BCUT2D eigenvalue weighted by Gasteiger charge is 2.16. The van der Waals surface area contributed by atoms with Crippen molar-refractivity contribution in [1.82, 2.24) is 15.5 Å². The number of hydrogen-bond acceptors (Lipinski definition) is 4. The maximum atomic E-state index is 5.41. The second-order valence-electron chi connectivity index (χ2n) is 5.92. The molecule has 0 bridgehead atoms. The van der Waals surface area contributed by atoms with Crippen molar-refractivity contribution < 1.29 is 9.47 Å². The Labute approximate surface area is 168 Å². The van der Waals surface area contributed by atoms with Gasteiger partial charge in [-0.2, -0.15) is 0 Å². The average molecular weight is 462 g/mol. The van der Waals surface area contributed by atoms with Gasteiger partial charge in [0.15, 0.2) is 5.96 Å². The predicted octanol–water partition coefficient (Wildman–Crippen LogP) is 2.09. The Morgan fingerprint density at radius 2 is 2.08 bits per heavy atom. The number of nitrogens with zero attached hydrogens (tertiary/aromatic N) is 2. The van der Waals surface area contributed by atoms with E-state index in [1.165, 1.54) is 0 Å². The summed E-state index contributed by atoms with van der Waals surface area (Å²) in [5.41, 5.74) is 1.13. The van der Waals surface area contributed by atoms with Crippen molar-refractivity contribution >= 4 is 29.9 Å². The van der Waals surface area contributed by atoms with Gasteiger partial charge in [-0.05, 0) is 31.5 Å². The molecule has 1 aromatic rings. The summed E-state index contributed by atoms with van der Waals surface area (Å²) in [5, 5.41) is 6.75. The third-order valence-electron chi connectivity index (χ3n) is 4.13. The van der Waals surface area contributed by atoms with Crippen LogP contribution in [0.15, 0.2) is 29.3 Å². The summed E-state index contributed by atoms with van der Waals surface area (Å²) in [6, 6.07) is 8.47. The number of aliphatic imine (C=N–C) groups is 1. The van der Waals surface area contributed by atoms with Crippen molar-refractivity contribution in [3.05, 3.63) is 29.8 Å². The van der Waals surface area contributed by atoms with Gasteiger partial charge in [-0.15, -0.1) is 24.0 Å². The van der Waals surface area contributed by atoms with Crippen molar-refractivity contribution in [2.24, 2.45) is 4.99 Å². The Kier molecular flexibility index (Phi) is 10.8. The predicted molar refractivity (Wildman–Crippen MR) is 113 cm³/mol. The Bertz CT molecular complexity index is 522. The minimum absolute atomic E-state index is 0. The summed E-state index contributed by atoms with van der Waals surface area (Å²) in [4.78, 5) is 7.12. The van der Waals surface area contributed by atoms with E-state index >= 15 is 0 Å². The molecule has 2 N–H and O–H groups in total. The molecule has 0 radical (unpaired) electrons. The fourth-order valence-corrected chi connectivity index (χ4v) is 2.67. The molecule has 7 heteroatoms. The third-order valence-corrected chi connectivity index (χ3v) is 4.13. The normalized spacial score (nSPS) is 16.7. The molecular formula is C18H31IN4O2. The van der Waals surface area contributed by atoms with Crippen LogP contribution in [0, 0.1) is 0 Å². The first kappa shape index (κ1) is 22.0. The highest BCUT2D eigenvalue weighted by atomic mass is 127. The standard InChI is InChI=1S/C18H30N4O2.HI/c1-4-19-18(20-13-15(2)22-8-10-24-11-9-22)21-14-16-6-5-7-17(12-16)23-3;/h5-7,12,15H,4,8-11,13-14H2,1-3H3,(H2,19,20,21);1H. The van der Waals surface area contributed by atoms with Gasteiger partial charge in [-0.25, -0.2) is 4.99 Å². The SMILES string of the molecule is CCNC(=NCc1cccc(OC)c1)NCC(C)N1CCOCC1.I. The molecule has 0 aromatic heterocycles. The molecule has 142 valence electrons. The highest BCUT2D eigenvalue weighted by molar-refractivity contribution is 14.0. The number of nitrogens with one attached hydrogen (secondary N) is 2.